The largest absolute Gasteiger partial charge is 0.493 e. The minimum atomic E-state index is -0.648. The minimum absolute atomic E-state index is 0.0778. The Morgan fingerprint density at radius 2 is 1.83 bits per heavy atom. The van der Waals surface area contributed by atoms with Gasteiger partial charge in [-0.05, 0) is 41.8 Å². The SMILES string of the molecule is CCc1ccccc1NC(=O)CN1C(=O)N/C(=C/c2ccc(OC)c(OC)c2)C1=O. The van der Waals surface area contributed by atoms with Gasteiger partial charge in [0.05, 0.1) is 14.2 Å². The van der Waals surface area contributed by atoms with Crippen LogP contribution < -0.4 is 20.1 Å². The van der Waals surface area contributed by atoms with E-state index in [1.165, 1.54) is 20.3 Å². The van der Waals surface area contributed by atoms with Gasteiger partial charge in [-0.15, -0.1) is 0 Å². The number of aryl methyl sites for hydroxylation is 1. The zero-order chi connectivity index (χ0) is 21.7. The number of carbonyl (C=O) groups is 3. The number of urea groups is 1. The van der Waals surface area contributed by atoms with E-state index in [0.29, 0.717) is 22.7 Å². The van der Waals surface area contributed by atoms with Crippen LogP contribution in [0.2, 0.25) is 0 Å². The Morgan fingerprint density at radius 3 is 2.53 bits per heavy atom. The zero-order valence-electron chi connectivity index (χ0n) is 17.0. The van der Waals surface area contributed by atoms with Crippen LogP contribution in [0.25, 0.3) is 6.08 Å². The van der Waals surface area contributed by atoms with Crippen molar-refractivity contribution in [2.24, 2.45) is 0 Å². The average Bonchev–Trinajstić information content (AvgIpc) is 3.01. The maximum absolute atomic E-state index is 12.6. The maximum atomic E-state index is 12.6. The van der Waals surface area contributed by atoms with Crippen LogP contribution in [-0.2, 0) is 16.0 Å². The second-order valence-corrected chi connectivity index (χ2v) is 6.55. The highest BCUT2D eigenvalue weighted by Crippen LogP contribution is 2.28. The van der Waals surface area contributed by atoms with Gasteiger partial charge in [0.25, 0.3) is 5.91 Å². The molecule has 0 bridgehead atoms. The van der Waals surface area contributed by atoms with Gasteiger partial charge in [0, 0.05) is 5.69 Å². The van der Waals surface area contributed by atoms with Gasteiger partial charge >= 0.3 is 6.03 Å². The van der Waals surface area contributed by atoms with E-state index < -0.39 is 17.8 Å². The average molecular weight is 409 g/mol. The molecule has 0 radical (unpaired) electrons. The highest BCUT2D eigenvalue weighted by Gasteiger charge is 2.35. The van der Waals surface area contributed by atoms with Crippen molar-refractivity contribution in [1.82, 2.24) is 10.2 Å². The lowest BCUT2D eigenvalue weighted by atomic mass is 10.1. The Labute approximate surface area is 174 Å². The first kappa shape index (κ1) is 20.9. The Balaban J connectivity index is 1.73. The molecule has 4 amide bonds. The summed E-state index contributed by atoms with van der Waals surface area (Å²) in [6.07, 6.45) is 2.27. The van der Waals surface area contributed by atoms with Crippen LogP contribution in [0.3, 0.4) is 0 Å². The third-order valence-corrected chi connectivity index (χ3v) is 4.65. The molecule has 0 atom stereocenters. The van der Waals surface area contributed by atoms with Crippen molar-refractivity contribution in [1.29, 1.82) is 0 Å². The molecule has 2 N–H and O–H groups in total. The van der Waals surface area contributed by atoms with Crippen molar-refractivity contribution in [2.75, 3.05) is 26.1 Å². The first-order valence-corrected chi connectivity index (χ1v) is 9.41. The van der Waals surface area contributed by atoms with E-state index in [9.17, 15) is 14.4 Å². The van der Waals surface area contributed by atoms with Crippen LogP contribution in [0.1, 0.15) is 18.1 Å². The van der Waals surface area contributed by atoms with Gasteiger partial charge in [0.1, 0.15) is 12.2 Å². The number of amides is 4. The predicted octanol–water partition coefficient (Wildman–Crippen LogP) is 2.80. The van der Waals surface area contributed by atoms with E-state index >= 15 is 0 Å². The van der Waals surface area contributed by atoms with E-state index in [1.807, 2.05) is 25.1 Å². The number of hydrogen-bond donors (Lipinski definition) is 2. The topological polar surface area (TPSA) is 97.0 Å². The number of carbonyl (C=O) groups excluding carboxylic acids is 3. The molecule has 0 saturated carbocycles. The molecule has 0 spiro atoms. The maximum Gasteiger partial charge on any atom is 0.329 e. The highest BCUT2D eigenvalue weighted by atomic mass is 16.5. The molecule has 0 aromatic heterocycles. The van der Waals surface area contributed by atoms with E-state index in [2.05, 4.69) is 10.6 Å². The van der Waals surface area contributed by atoms with Crippen molar-refractivity contribution in [3.8, 4) is 11.5 Å². The molecule has 1 saturated heterocycles. The number of para-hydroxylation sites is 1. The van der Waals surface area contributed by atoms with Crippen molar-refractivity contribution < 1.29 is 23.9 Å². The van der Waals surface area contributed by atoms with Gasteiger partial charge < -0.3 is 20.1 Å². The summed E-state index contributed by atoms with van der Waals surface area (Å²) in [7, 11) is 3.03. The smallest absolute Gasteiger partial charge is 0.329 e. The monoisotopic (exact) mass is 409 g/mol. The summed E-state index contributed by atoms with van der Waals surface area (Å²) in [6.45, 7) is 1.60. The lowest BCUT2D eigenvalue weighted by molar-refractivity contribution is -0.127. The summed E-state index contributed by atoms with van der Waals surface area (Å²) in [5, 5.41) is 5.27. The molecule has 30 heavy (non-hydrogen) atoms. The molecule has 3 rings (SSSR count). The number of ether oxygens (including phenoxy) is 2. The van der Waals surface area contributed by atoms with Crippen molar-refractivity contribution in [3.63, 3.8) is 0 Å². The van der Waals surface area contributed by atoms with Crippen molar-refractivity contribution in [2.45, 2.75) is 13.3 Å². The van der Waals surface area contributed by atoms with E-state index in [4.69, 9.17) is 9.47 Å². The summed E-state index contributed by atoms with van der Waals surface area (Å²) in [5.41, 5.74) is 2.35. The summed E-state index contributed by atoms with van der Waals surface area (Å²) in [4.78, 5) is 38.2. The number of nitrogens with zero attached hydrogens (tertiary/aromatic N) is 1. The van der Waals surface area contributed by atoms with Gasteiger partial charge in [-0.3, -0.25) is 9.59 Å². The first-order valence-electron chi connectivity index (χ1n) is 9.41. The van der Waals surface area contributed by atoms with Gasteiger partial charge in [0.2, 0.25) is 5.91 Å². The van der Waals surface area contributed by atoms with Gasteiger partial charge in [-0.2, -0.15) is 0 Å². The van der Waals surface area contributed by atoms with Crippen LogP contribution in [0.4, 0.5) is 10.5 Å². The minimum Gasteiger partial charge on any atom is -0.493 e. The number of anilines is 1. The number of benzene rings is 2. The van der Waals surface area contributed by atoms with Gasteiger partial charge in [-0.1, -0.05) is 31.2 Å². The molecule has 2 aromatic rings. The van der Waals surface area contributed by atoms with E-state index in [0.717, 1.165) is 16.9 Å². The van der Waals surface area contributed by atoms with Gasteiger partial charge in [0.15, 0.2) is 11.5 Å². The van der Waals surface area contributed by atoms with Crippen LogP contribution in [0, 0.1) is 0 Å². The van der Waals surface area contributed by atoms with Crippen LogP contribution in [0.15, 0.2) is 48.2 Å². The Bertz CT molecular complexity index is 1020. The van der Waals surface area contributed by atoms with E-state index in [1.54, 1.807) is 24.3 Å². The molecule has 1 heterocycles. The molecular formula is C22H23N3O5. The fourth-order valence-corrected chi connectivity index (χ4v) is 3.11. The number of methoxy groups -OCH3 is 2. The lowest BCUT2D eigenvalue weighted by Crippen LogP contribution is -2.38. The zero-order valence-corrected chi connectivity index (χ0v) is 17.0. The molecule has 8 heteroatoms. The number of rotatable bonds is 7. The first-order chi connectivity index (χ1) is 14.5. The second-order valence-electron chi connectivity index (χ2n) is 6.55. The second kappa shape index (κ2) is 9.13. The molecule has 8 nitrogen and oxygen atoms in total. The van der Waals surface area contributed by atoms with Gasteiger partial charge in [-0.25, -0.2) is 9.69 Å². The molecule has 156 valence electrons. The third kappa shape index (κ3) is 4.43. The summed E-state index contributed by atoms with van der Waals surface area (Å²) >= 11 is 0. The van der Waals surface area contributed by atoms with Crippen LogP contribution in [0.5, 0.6) is 11.5 Å². The number of imide groups is 1. The number of nitrogens with one attached hydrogen (secondary N) is 2. The summed E-state index contributed by atoms with van der Waals surface area (Å²) in [5.74, 6) is 0.0158. The fraction of sp³-hybridized carbons (Fsp3) is 0.227. The molecule has 2 aromatic carbocycles. The third-order valence-electron chi connectivity index (χ3n) is 4.65. The Morgan fingerprint density at radius 1 is 1.10 bits per heavy atom. The standard InChI is InChI=1S/C22H23N3O5/c1-4-15-7-5-6-8-16(15)23-20(26)13-25-21(27)17(24-22(25)28)11-14-9-10-18(29-2)19(12-14)30-3/h5-12H,4,13H2,1-3H3,(H,23,26)(H,24,28)/b17-11+. The molecule has 0 aliphatic carbocycles. The quantitative estimate of drug-likeness (QED) is 0.541. The fourth-order valence-electron chi connectivity index (χ4n) is 3.11. The van der Waals surface area contributed by atoms with E-state index in [-0.39, 0.29) is 12.2 Å². The number of hydrogen-bond acceptors (Lipinski definition) is 5. The molecular weight excluding hydrogens is 386 g/mol. The van der Waals surface area contributed by atoms with Crippen molar-refractivity contribution in [3.05, 3.63) is 59.3 Å². The Hall–Kier alpha value is -3.81. The molecule has 0 unspecified atom stereocenters. The lowest BCUT2D eigenvalue weighted by Gasteiger charge is -2.13. The predicted molar refractivity (Wildman–Crippen MR) is 112 cm³/mol. The van der Waals surface area contributed by atoms with Crippen LogP contribution >= 0.6 is 0 Å². The Kier molecular flexibility index (Phi) is 6.36. The molecule has 1 aliphatic rings. The molecule has 1 aliphatic heterocycles. The summed E-state index contributed by atoms with van der Waals surface area (Å²) < 4.78 is 10.4. The van der Waals surface area contributed by atoms with Crippen molar-refractivity contribution >= 4 is 29.6 Å². The summed E-state index contributed by atoms with van der Waals surface area (Å²) in [6, 6.07) is 11.9. The molecule has 1 fully saturated rings. The van der Waals surface area contributed by atoms with Crippen LogP contribution in [-0.4, -0.2) is 43.5 Å². The normalized spacial score (nSPS) is 14.6. The highest BCUT2D eigenvalue weighted by molar-refractivity contribution is 6.16.